The number of carbonyl (C=O) groups is 2. The summed E-state index contributed by atoms with van der Waals surface area (Å²) in [7, 11) is 0. The number of thioether (sulfide) groups is 1. The molecule has 1 saturated heterocycles. The first-order valence-corrected chi connectivity index (χ1v) is 12.0. The summed E-state index contributed by atoms with van der Waals surface area (Å²) in [6.45, 7) is 0.755. The predicted molar refractivity (Wildman–Crippen MR) is 130 cm³/mol. The van der Waals surface area contributed by atoms with Gasteiger partial charge in [-0.3, -0.25) is 19.9 Å². The first kappa shape index (κ1) is 22.3. The average Bonchev–Trinajstić information content (AvgIpc) is 3.49. The van der Waals surface area contributed by atoms with Gasteiger partial charge in [0.1, 0.15) is 0 Å². The lowest BCUT2D eigenvalue weighted by atomic mass is 9.91. The summed E-state index contributed by atoms with van der Waals surface area (Å²) in [6, 6.07) is 8.41. The molecule has 4 heterocycles. The number of rotatable bonds is 7. The highest BCUT2D eigenvalue weighted by Gasteiger charge is 2.25. The zero-order valence-corrected chi connectivity index (χ0v) is 19.2. The molecule has 0 aromatic carbocycles. The van der Waals surface area contributed by atoms with Crippen LogP contribution in [0.15, 0.2) is 58.5 Å². The zero-order chi connectivity index (χ0) is 23.3. The molecule has 0 bridgehead atoms. The van der Waals surface area contributed by atoms with Gasteiger partial charge >= 0.3 is 0 Å². The molecule has 1 aliphatic carbocycles. The standard InChI is InChI=1S/C24H24N6O3S/c31-22-20(34-24(32)30-22)12-19-7-10-26-23(29-19)28-18-5-3-17(4-6-18)27-13-15-2-1-9-25-21(15)16-8-11-33-14-16/h1-2,7-12,14,17-18,27H,3-6,13H2,(H,26,28,29)(H,30,31,32)/t17-,18-. The van der Waals surface area contributed by atoms with Crippen LogP contribution in [0.5, 0.6) is 0 Å². The molecule has 3 aromatic heterocycles. The van der Waals surface area contributed by atoms with E-state index < -0.39 is 5.91 Å². The van der Waals surface area contributed by atoms with Crippen molar-refractivity contribution >= 4 is 34.9 Å². The highest BCUT2D eigenvalue weighted by Crippen LogP contribution is 2.26. The molecule has 2 amide bonds. The quantitative estimate of drug-likeness (QED) is 0.435. The molecule has 9 nitrogen and oxygen atoms in total. The maximum Gasteiger partial charge on any atom is 0.290 e. The van der Waals surface area contributed by atoms with Crippen LogP contribution in [0.25, 0.3) is 17.3 Å². The maximum atomic E-state index is 11.8. The van der Waals surface area contributed by atoms with Gasteiger partial charge in [0.15, 0.2) is 0 Å². The summed E-state index contributed by atoms with van der Waals surface area (Å²) >= 11 is 0.878. The molecule has 0 atom stereocenters. The van der Waals surface area contributed by atoms with Crippen molar-refractivity contribution in [3.8, 4) is 11.3 Å². The smallest absolute Gasteiger partial charge is 0.290 e. The number of hydrogen-bond acceptors (Lipinski definition) is 9. The van der Waals surface area contributed by atoms with Gasteiger partial charge < -0.3 is 15.1 Å². The second kappa shape index (κ2) is 10.2. The molecule has 2 aliphatic rings. The van der Waals surface area contributed by atoms with Crippen LogP contribution in [0.2, 0.25) is 0 Å². The van der Waals surface area contributed by atoms with E-state index in [1.807, 2.05) is 12.1 Å². The fourth-order valence-corrected chi connectivity index (χ4v) is 4.86. The highest BCUT2D eigenvalue weighted by atomic mass is 32.2. The number of furan rings is 1. The molecule has 3 N–H and O–H groups in total. The molecule has 1 saturated carbocycles. The van der Waals surface area contributed by atoms with E-state index in [0.717, 1.165) is 60.8 Å². The fourth-order valence-electron chi connectivity index (χ4n) is 4.20. The predicted octanol–water partition coefficient (Wildman–Crippen LogP) is 3.97. The number of carbonyl (C=O) groups excluding carboxylic acids is 2. The lowest BCUT2D eigenvalue weighted by Gasteiger charge is -2.30. The Hall–Kier alpha value is -3.50. The van der Waals surface area contributed by atoms with Crippen molar-refractivity contribution in [2.24, 2.45) is 0 Å². The second-order valence-electron chi connectivity index (χ2n) is 8.25. The van der Waals surface area contributed by atoms with E-state index >= 15 is 0 Å². The van der Waals surface area contributed by atoms with Gasteiger partial charge in [-0.1, -0.05) is 6.07 Å². The molecule has 1 aliphatic heterocycles. The topological polar surface area (TPSA) is 122 Å². The van der Waals surface area contributed by atoms with Crippen LogP contribution in [0.4, 0.5) is 10.7 Å². The van der Waals surface area contributed by atoms with Gasteiger partial charge in [-0.25, -0.2) is 9.97 Å². The Balaban J connectivity index is 1.13. The molecule has 2 fully saturated rings. The average molecular weight is 477 g/mol. The molecule has 34 heavy (non-hydrogen) atoms. The van der Waals surface area contributed by atoms with Gasteiger partial charge in [-0.15, -0.1) is 0 Å². The lowest BCUT2D eigenvalue weighted by molar-refractivity contribution is -0.115. The van der Waals surface area contributed by atoms with Crippen molar-refractivity contribution in [2.45, 2.75) is 44.3 Å². The van der Waals surface area contributed by atoms with Gasteiger partial charge in [0.05, 0.1) is 28.8 Å². The third-order valence-electron chi connectivity index (χ3n) is 5.93. The van der Waals surface area contributed by atoms with Gasteiger partial charge in [0.25, 0.3) is 11.1 Å². The summed E-state index contributed by atoms with van der Waals surface area (Å²) in [5.74, 6) is 0.137. The molecule has 5 rings (SSSR count). The lowest BCUT2D eigenvalue weighted by Crippen LogP contribution is -2.37. The Morgan fingerprint density at radius 3 is 2.71 bits per heavy atom. The first-order valence-electron chi connectivity index (χ1n) is 11.2. The van der Waals surface area contributed by atoms with E-state index in [-0.39, 0.29) is 11.3 Å². The van der Waals surface area contributed by atoms with Crippen molar-refractivity contribution in [1.82, 2.24) is 25.6 Å². The van der Waals surface area contributed by atoms with E-state index in [4.69, 9.17) is 4.42 Å². The van der Waals surface area contributed by atoms with Gasteiger partial charge in [-0.2, -0.15) is 0 Å². The molecular formula is C24H24N6O3S. The summed E-state index contributed by atoms with van der Waals surface area (Å²) in [5, 5.41) is 8.97. The normalized spacial score (nSPS) is 21.6. The first-order chi connectivity index (χ1) is 16.6. The van der Waals surface area contributed by atoms with Gasteiger partial charge in [0.2, 0.25) is 5.95 Å². The molecule has 10 heteroatoms. The Bertz CT molecular complexity index is 1200. The number of pyridine rings is 1. The van der Waals surface area contributed by atoms with Crippen LogP contribution in [0.3, 0.4) is 0 Å². The van der Waals surface area contributed by atoms with E-state index in [1.165, 1.54) is 0 Å². The number of imide groups is 1. The largest absolute Gasteiger partial charge is 0.472 e. The summed E-state index contributed by atoms with van der Waals surface area (Å²) < 4.78 is 5.22. The summed E-state index contributed by atoms with van der Waals surface area (Å²) in [6.07, 6.45) is 12.5. The molecule has 0 radical (unpaired) electrons. The van der Waals surface area contributed by atoms with Crippen molar-refractivity contribution in [3.63, 3.8) is 0 Å². The highest BCUT2D eigenvalue weighted by molar-refractivity contribution is 8.18. The Morgan fingerprint density at radius 2 is 1.94 bits per heavy atom. The fraction of sp³-hybridized carbons (Fsp3) is 0.292. The van der Waals surface area contributed by atoms with Crippen molar-refractivity contribution in [3.05, 3.63) is 65.3 Å². The molecular weight excluding hydrogens is 452 g/mol. The third kappa shape index (κ3) is 5.35. The van der Waals surface area contributed by atoms with Crippen molar-refractivity contribution in [1.29, 1.82) is 0 Å². The van der Waals surface area contributed by atoms with Crippen molar-refractivity contribution in [2.75, 3.05) is 5.32 Å². The molecule has 0 spiro atoms. The maximum absolute atomic E-state index is 11.8. The Kier molecular flexibility index (Phi) is 6.68. The van der Waals surface area contributed by atoms with E-state index in [2.05, 4.69) is 37.0 Å². The van der Waals surface area contributed by atoms with Crippen LogP contribution < -0.4 is 16.0 Å². The minimum Gasteiger partial charge on any atom is -0.472 e. The van der Waals surface area contributed by atoms with Crippen LogP contribution in [-0.2, 0) is 11.3 Å². The van der Waals surface area contributed by atoms with Crippen LogP contribution in [-0.4, -0.2) is 38.2 Å². The minimum atomic E-state index is -0.392. The molecule has 0 unspecified atom stereocenters. The molecule has 174 valence electrons. The van der Waals surface area contributed by atoms with Gasteiger partial charge in [0, 0.05) is 36.6 Å². The second-order valence-corrected chi connectivity index (χ2v) is 9.27. The van der Waals surface area contributed by atoms with Crippen molar-refractivity contribution < 1.29 is 14.0 Å². The minimum absolute atomic E-state index is 0.284. The number of anilines is 1. The van der Waals surface area contributed by atoms with Gasteiger partial charge in [-0.05, 0) is 67.3 Å². The Morgan fingerprint density at radius 1 is 1.09 bits per heavy atom. The summed E-state index contributed by atoms with van der Waals surface area (Å²) in [5.41, 5.74) is 3.68. The SMILES string of the molecule is O=C1NC(=O)C(=Cc2ccnc(N[C@H]3CC[C@H](NCc4cccnc4-c4ccoc4)CC3)n2)S1. The van der Waals surface area contributed by atoms with E-state index in [1.54, 1.807) is 37.1 Å². The van der Waals surface area contributed by atoms with E-state index in [0.29, 0.717) is 22.6 Å². The third-order valence-corrected chi connectivity index (χ3v) is 6.74. The number of hydrogen-bond donors (Lipinski definition) is 3. The Labute approximate surface area is 200 Å². The molecule has 3 aromatic rings. The number of aromatic nitrogens is 3. The monoisotopic (exact) mass is 476 g/mol. The summed E-state index contributed by atoms with van der Waals surface area (Å²) in [4.78, 5) is 36.8. The van der Waals surface area contributed by atoms with Crippen LogP contribution >= 0.6 is 11.8 Å². The number of nitrogens with zero attached hydrogens (tertiary/aromatic N) is 3. The number of nitrogens with one attached hydrogen (secondary N) is 3. The van der Waals surface area contributed by atoms with Crippen LogP contribution in [0, 0.1) is 0 Å². The van der Waals surface area contributed by atoms with Crippen LogP contribution in [0.1, 0.15) is 36.9 Å². The zero-order valence-electron chi connectivity index (χ0n) is 18.4. The number of amides is 2. The van der Waals surface area contributed by atoms with E-state index in [9.17, 15) is 9.59 Å².